The van der Waals surface area contributed by atoms with E-state index in [2.05, 4.69) is 39.6 Å². The zero-order chi connectivity index (χ0) is 13.3. The van der Waals surface area contributed by atoms with Gasteiger partial charge in [0, 0.05) is 14.2 Å². The first-order valence-corrected chi connectivity index (χ1v) is 8.70. The van der Waals surface area contributed by atoms with Crippen LogP contribution in [0.2, 0.25) is 9.36 Å². The van der Waals surface area contributed by atoms with Crippen molar-refractivity contribution >= 4 is 61.8 Å². The highest BCUT2D eigenvalue weighted by molar-refractivity contribution is 9.10. The molecule has 0 spiro atoms. The van der Waals surface area contributed by atoms with E-state index in [1.807, 2.05) is 6.92 Å². The van der Waals surface area contributed by atoms with Crippen LogP contribution in [0.1, 0.15) is 28.3 Å². The predicted octanol–water partition coefficient (Wildman–Crippen LogP) is 5.89. The highest BCUT2D eigenvalue weighted by Gasteiger charge is 2.21. The molecule has 0 aliphatic rings. The fourth-order valence-corrected chi connectivity index (χ4v) is 4.97. The maximum atomic E-state index is 6.37. The first kappa shape index (κ1) is 14.8. The van der Waals surface area contributed by atoms with E-state index in [4.69, 9.17) is 23.2 Å². The third kappa shape index (κ3) is 2.94. The minimum atomic E-state index is 0.120. The molecule has 2 aromatic rings. The molecule has 0 saturated carbocycles. The Bertz CT molecular complexity index is 531. The second-order valence-electron chi connectivity index (χ2n) is 3.86. The van der Waals surface area contributed by atoms with Gasteiger partial charge in [-0.15, -0.1) is 22.7 Å². The Labute approximate surface area is 133 Å². The average molecular weight is 385 g/mol. The van der Waals surface area contributed by atoms with Crippen LogP contribution >= 0.6 is 61.8 Å². The maximum absolute atomic E-state index is 6.37. The van der Waals surface area contributed by atoms with Gasteiger partial charge in [0.2, 0.25) is 0 Å². The van der Waals surface area contributed by atoms with E-state index in [1.54, 1.807) is 22.7 Å². The van der Waals surface area contributed by atoms with Crippen LogP contribution in [0.3, 0.4) is 0 Å². The summed E-state index contributed by atoms with van der Waals surface area (Å²) >= 11 is 19.2. The molecule has 1 unspecified atom stereocenters. The van der Waals surface area contributed by atoms with Crippen LogP contribution in [0.4, 0.5) is 0 Å². The third-order valence-corrected chi connectivity index (χ3v) is 6.86. The van der Waals surface area contributed by atoms with Crippen LogP contribution in [0.25, 0.3) is 0 Å². The number of nitrogens with one attached hydrogen (secondary N) is 1. The Balaban J connectivity index is 2.42. The number of rotatable bonds is 4. The van der Waals surface area contributed by atoms with Crippen molar-refractivity contribution in [2.24, 2.45) is 0 Å². The molecule has 0 saturated heterocycles. The number of aryl methyl sites for hydroxylation is 1. The number of hydrogen-bond acceptors (Lipinski definition) is 3. The number of hydrogen-bond donors (Lipinski definition) is 1. The van der Waals surface area contributed by atoms with Gasteiger partial charge in [-0.05, 0) is 46.4 Å². The Morgan fingerprint density at radius 2 is 2.17 bits per heavy atom. The lowest BCUT2D eigenvalue weighted by molar-refractivity contribution is 0.648. The van der Waals surface area contributed by atoms with Crippen LogP contribution in [-0.2, 0) is 0 Å². The Morgan fingerprint density at radius 3 is 2.61 bits per heavy atom. The van der Waals surface area contributed by atoms with Gasteiger partial charge in [-0.25, -0.2) is 0 Å². The van der Waals surface area contributed by atoms with Gasteiger partial charge in [0.15, 0.2) is 0 Å². The van der Waals surface area contributed by atoms with Crippen molar-refractivity contribution in [1.29, 1.82) is 0 Å². The van der Waals surface area contributed by atoms with E-state index < -0.39 is 0 Å². The SMILES string of the molecule is CCNC(c1cc(Br)c(Cl)s1)c1scc(C)c1Cl. The molecule has 1 N–H and O–H groups in total. The highest BCUT2D eigenvalue weighted by Crippen LogP contribution is 2.41. The third-order valence-electron chi connectivity index (χ3n) is 2.54. The van der Waals surface area contributed by atoms with Crippen molar-refractivity contribution < 1.29 is 0 Å². The van der Waals surface area contributed by atoms with E-state index in [0.717, 1.165) is 30.8 Å². The Morgan fingerprint density at radius 1 is 1.44 bits per heavy atom. The highest BCUT2D eigenvalue weighted by atomic mass is 79.9. The molecule has 0 fully saturated rings. The second kappa shape index (κ2) is 6.25. The van der Waals surface area contributed by atoms with Crippen LogP contribution in [-0.4, -0.2) is 6.54 Å². The summed E-state index contributed by atoms with van der Waals surface area (Å²) in [5, 5.41) is 6.41. The maximum Gasteiger partial charge on any atom is 0.107 e. The van der Waals surface area contributed by atoms with E-state index in [9.17, 15) is 0 Å². The summed E-state index contributed by atoms with van der Waals surface area (Å²) in [7, 11) is 0. The molecule has 0 aromatic carbocycles. The second-order valence-corrected chi connectivity index (χ2v) is 7.69. The molecule has 18 heavy (non-hydrogen) atoms. The smallest absolute Gasteiger partial charge is 0.107 e. The Hall–Kier alpha value is 0.420. The fraction of sp³-hybridized carbons (Fsp3) is 0.333. The molecule has 0 bridgehead atoms. The topological polar surface area (TPSA) is 12.0 Å². The van der Waals surface area contributed by atoms with Crippen LogP contribution in [0, 0.1) is 6.92 Å². The monoisotopic (exact) mass is 383 g/mol. The van der Waals surface area contributed by atoms with E-state index >= 15 is 0 Å². The molecule has 1 nitrogen and oxygen atoms in total. The van der Waals surface area contributed by atoms with E-state index in [-0.39, 0.29) is 6.04 Å². The van der Waals surface area contributed by atoms with Crippen molar-refractivity contribution in [3.63, 3.8) is 0 Å². The summed E-state index contributed by atoms with van der Waals surface area (Å²) in [6.45, 7) is 5.00. The van der Waals surface area contributed by atoms with Crippen LogP contribution in [0.15, 0.2) is 15.9 Å². The fourth-order valence-electron chi connectivity index (χ4n) is 1.68. The molecule has 6 heteroatoms. The minimum absolute atomic E-state index is 0.120. The molecular weight excluding hydrogens is 373 g/mol. The number of halogens is 3. The molecule has 2 aromatic heterocycles. The van der Waals surface area contributed by atoms with Gasteiger partial charge in [-0.2, -0.15) is 0 Å². The van der Waals surface area contributed by atoms with Crippen molar-refractivity contribution in [3.05, 3.63) is 40.6 Å². The lowest BCUT2D eigenvalue weighted by Crippen LogP contribution is -2.20. The molecule has 2 rings (SSSR count). The average Bonchev–Trinajstić information content (AvgIpc) is 2.82. The normalized spacial score (nSPS) is 12.9. The molecule has 1 atom stereocenters. The lowest BCUT2D eigenvalue weighted by Gasteiger charge is -2.15. The zero-order valence-corrected chi connectivity index (χ0v) is 14.6. The summed E-state index contributed by atoms with van der Waals surface area (Å²) in [6, 6.07) is 2.18. The molecule has 98 valence electrons. The zero-order valence-electron chi connectivity index (χ0n) is 9.89. The van der Waals surface area contributed by atoms with Crippen LogP contribution in [0.5, 0.6) is 0 Å². The summed E-state index contributed by atoms with van der Waals surface area (Å²) < 4.78 is 1.72. The molecule has 0 aliphatic heterocycles. The molecule has 2 heterocycles. The van der Waals surface area contributed by atoms with Gasteiger partial charge in [-0.3, -0.25) is 0 Å². The summed E-state index contributed by atoms with van der Waals surface area (Å²) in [5.41, 5.74) is 1.13. The summed E-state index contributed by atoms with van der Waals surface area (Å²) in [5.74, 6) is 0. The van der Waals surface area contributed by atoms with Gasteiger partial charge in [-0.1, -0.05) is 30.1 Å². The van der Waals surface area contributed by atoms with E-state index in [0.29, 0.717) is 0 Å². The largest absolute Gasteiger partial charge is 0.305 e. The summed E-state index contributed by atoms with van der Waals surface area (Å²) in [6.07, 6.45) is 0. The predicted molar refractivity (Wildman–Crippen MR) is 86.6 cm³/mol. The Kier molecular flexibility index (Phi) is 5.14. The molecule has 0 aliphatic carbocycles. The quantitative estimate of drug-likeness (QED) is 0.693. The van der Waals surface area contributed by atoms with Crippen molar-refractivity contribution in [2.45, 2.75) is 19.9 Å². The minimum Gasteiger partial charge on any atom is -0.305 e. The van der Waals surface area contributed by atoms with Crippen molar-refractivity contribution in [3.8, 4) is 0 Å². The van der Waals surface area contributed by atoms with Crippen LogP contribution < -0.4 is 5.32 Å². The van der Waals surface area contributed by atoms with Crippen molar-refractivity contribution in [1.82, 2.24) is 5.32 Å². The lowest BCUT2D eigenvalue weighted by atomic mass is 10.2. The molecule has 0 radical (unpaired) electrons. The van der Waals surface area contributed by atoms with Gasteiger partial charge in [0.25, 0.3) is 0 Å². The van der Waals surface area contributed by atoms with Gasteiger partial charge >= 0.3 is 0 Å². The van der Waals surface area contributed by atoms with E-state index in [1.165, 1.54) is 4.88 Å². The number of thiophene rings is 2. The first-order valence-electron chi connectivity index (χ1n) is 5.46. The van der Waals surface area contributed by atoms with Gasteiger partial charge in [0.05, 0.1) is 11.1 Å². The van der Waals surface area contributed by atoms with Crippen molar-refractivity contribution in [2.75, 3.05) is 6.54 Å². The standard InChI is InChI=1S/C12H12BrCl2NS2/c1-3-16-10(8-4-7(13)12(15)18-8)11-9(14)6(2)5-17-11/h4-5,10,16H,3H2,1-2H3. The summed E-state index contributed by atoms with van der Waals surface area (Å²) in [4.78, 5) is 2.33. The molecule has 0 amide bonds. The van der Waals surface area contributed by atoms with Gasteiger partial charge < -0.3 is 5.32 Å². The molecular formula is C12H12BrCl2NS2. The van der Waals surface area contributed by atoms with Gasteiger partial charge in [0.1, 0.15) is 4.34 Å². The first-order chi connectivity index (χ1) is 8.54.